The summed E-state index contributed by atoms with van der Waals surface area (Å²) in [5.41, 5.74) is 1.82. The molecule has 1 aliphatic rings. The molecule has 4 nitrogen and oxygen atoms in total. The zero-order valence-corrected chi connectivity index (χ0v) is 15.6. The SMILES string of the molecule is CC(C)CCNC(=O)c1cc2c(s1)CCN(C(=O)c1ccccc1)C2. The molecule has 0 atom stereocenters. The normalized spacial score (nSPS) is 13.6. The summed E-state index contributed by atoms with van der Waals surface area (Å²) in [6, 6.07) is 11.3. The summed E-state index contributed by atoms with van der Waals surface area (Å²) in [5, 5.41) is 2.99. The van der Waals surface area contributed by atoms with E-state index in [0.717, 1.165) is 23.3 Å². The fourth-order valence-electron chi connectivity index (χ4n) is 2.94. The van der Waals surface area contributed by atoms with Crippen LogP contribution >= 0.6 is 11.3 Å². The number of hydrogen-bond donors (Lipinski definition) is 1. The van der Waals surface area contributed by atoms with E-state index in [9.17, 15) is 9.59 Å². The van der Waals surface area contributed by atoms with Crippen LogP contribution in [0.5, 0.6) is 0 Å². The van der Waals surface area contributed by atoms with Crippen molar-refractivity contribution in [3.8, 4) is 0 Å². The van der Waals surface area contributed by atoms with Gasteiger partial charge in [0.2, 0.25) is 0 Å². The molecule has 2 amide bonds. The third-order valence-electron chi connectivity index (χ3n) is 4.41. The van der Waals surface area contributed by atoms with E-state index in [1.54, 1.807) is 11.3 Å². The highest BCUT2D eigenvalue weighted by Gasteiger charge is 2.24. The van der Waals surface area contributed by atoms with E-state index in [4.69, 9.17) is 0 Å². The van der Waals surface area contributed by atoms with Crippen molar-refractivity contribution in [2.45, 2.75) is 33.2 Å². The van der Waals surface area contributed by atoms with Crippen LogP contribution in [0, 0.1) is 5.92 Å². The maximum atomic E-state index is 12.6. The largest absolute Gasteiger partial charge is 0.351 e. The smallest absolute Gasteiger partial charge is 0.261 e. The molecule has 3 rings (SSSR count). The molecule has 1 aromatic heterocycles. The Labute approximate surface area is 152 Å². The van der Waals surface area contributed by atoms with Gasteiger partial charge < -0.3 is 10.2 Å². The molecule has 0 saturated carbocycles. The van der Waals surface area contributed by atoms with Crippen molar-refractivity contribution < 1.29 is 9.59 Å². The van der Waals surface area contributed by atoms with E-state index in [2.05, 4.69) is 19.2 Å². The summed E-state index contributed by atoms with van der Waals surface area (Å²) in [7, 11) is 0. The number of amides is 2. The van der Waals surface area contributed by atoms with Crippen LogP contribution < -0.4 is 5.32 Å². The predicted octanol–water partition coefficient (Wildman–Crippen LogP) is 3.72. The van der Waals surface area contributed by atoms with Gasteiger partial charge in [0.1, 0.15) is 0 Å². The second-order valence-corrected chi connectivity index (χ2v) is 7.98. The van der Waals surface area contributed by atoms with Crippen LogP contribution in [-0.2, 0) is 13.0 Å². The third kappa shape index (κ3) is 4.28. The van der Waals surface area contributed by atoms with Crippen molar-refractivity contribution in [3.63, 3.8) is 0 Å². The molecule has 0 spiro atoms. The van der Waals surface area contributed by atoms with Crippen LogP contribution in [0.3, 0.4) is 0 Å². The molecule has 132 valence electrons. The molecule has 0 bridgehead atoms. The fraction of sp³-hybridized carbons (Fsp3) is 0.400. The number of thiophene rings is 1. The molecule has 1 aromatic carbocycles. The number of carbonyl (C=O) groups excluding carboxylic acids is 2. The Hall–Kier alpha value is -2.14. The minimum absolute atomic E-state index is 0.000913. The molecule has 1 N–H and O–H groups in total. The average molecular weight is 356 g/mol. The topological polar surface area (TPSA) is 49.4 Å². The molecular weight excluding hydrogens is 332 g/mol. The van der Waals surface area contributed by atoms with Gasteiger partial charge in [0.25, 0.3) is 11.8 Å². The van der Waals surface area contributed by atoms with Gasteiger partial charge in [-0.2, -0.15) is 0 Å². The number of nitrogens with zero attached hydrogens (tertiary/aromatic N) is 1. The molecule has 25 heavy (non-hydrogen) atoms. The standard InChI is InChI=1S/C20H24N2O2S/c1-14(2)8-10-21-19(23)18-12-16-13-22(11-9-17(16)25-18)20(24)15-6-4-3-5-7-15/h3-7,12,14H,8-11,13H2,1-2H3,(H,21,23). The Morgan fingerprint density at radius 1 is 1.24 bits per heavy atom. The highest BCUT2D eigenvalue weighted by Crippen LogP contribution is 2.29. The maximum Gasteiger partial charge on any atom is 0.261 e. The zero-order valence-electron chi connectivity index (χ0n) is 14.7. The highest BCUT2D eigenvalue weighted by molar-refractivity contribution is 7.14. The Bertz CT molecular complexity index is 752. The second-order valence-electron chi connectivity index (χ2n) is 6.84. The second kappa shape index (κ2) is 7.83. The first-order valence-corrected chi connectivity index (χ1v) is 9.60. The van der Waals surface area contributed by atoms with Gasteiger partial charge in [-0.05, 0) is 42.5 Å². The monoisotopic (exact) mass is 356 g/mol. The lowest BCUT2D eigenvalue weighted by atomic mass is 10.1. The van der Waals surface area contributed by atoms with Crippen LogP contribution in [0.25, 0.3) is 0 Å². The highest BCUT2D eigenvalue weighted by atomic mass is 32.1. The van der Waals surface area contributed by atoms with Gasteiger partial charge in [0, 0.05) is 30.1 Å². The van der Waals surface area contributed by atoms with Crippen molar-refractivity contribution in [1.29, 1.82) is 0 Å². The van der Waals surface area contributed by atoms with E-state index in [1.165, 1.54) is 4.88 Å². The first-order chi connectivity index (χ1) is 12.0. The first-order valence-electron chi connectivity index (χ1n) is 8.78. The number of fused-ring (bicyclic) bond motifs is 1. The van der Waals surface area contributed by atoms with Crippen molar-refractivity contribution in [3.05, 3.63) is 57.3 Å². The predicted molar refractivity (Wildman–Crippen MR) is 101 cm³/mol. The minimum atomic E-state index is 0.000913. The maximum absolute atomic E-state index is 12.6. The molecule has 2 heterocycles. The Balaban J connectivity index is 1.65. The molecule has 2 aromatic rings. The van der Waals surface area contributed by atoms with Crippen LogP contribution in [-0.4, -0.2) is 29.8 Å². The lowest BCUT2D eigenvalue weighted by molar-refractivity contribution is 0.0736. The Morgan fingerprint density at radius 3 is 2.72 bits per heavy atom. The van der Waals surface area contributed by atoms with Gasteiger partial charge in [0.15, 0.2) is 0 Å². The van der Waals surface area contributed by atoms with Crippen LogP contribution in [0.1, 0.15) is 50.7 Å². The lowest BCUT2D eigenvalue weighted by Gasteiger charge is -2.27. The van der Waals surface area contributed by atoms with Gasteiger partial charge >= 0.3 is 0 Å². The quantitative estimate of drug-likeness (QED) is 0.887. The summed E-state index contributed by atoms with van der Waals surface area (Å²) in [6.07, 6.45) is 1.80. The molecule has 0 radical (unpaired) electrons. The molecule has 0 aliphatic carbocycles. The van der Waals surface area contributed by atoms with E-state index in [0.29, 0.717) is 31.1 Å². The molecule has 0 unspecified atom stereocenters. The first kappa shape index (κ1) is 17.7. The van der Waals surface area contributed by atoms with Crippen molar-refractivity contribution in [1.82, 2.24) is 10.2 Å². The lowest BCUT2D eigenvalue weighted by Crippen LogP contribution is -2.35. The summed E-state index contributed by atoms with van der Waals surface area (Å²) >= 11 is 1.56. The molecule has 5 heteroatoms. The summed E-state index contributed by atoms with van der Waals surface area (Å²) in [4.78, 5) is 28.8. The molecule has 1 aliphatic heterocycles. The Kier molecular flexibility index (Phi) is 5.53. The minimum Gasteiger partial charge on any atom is -0.351 e. The van der Waals surface area contributed by atoms with Crippen LogP contribution in [0.2, 0.25) is 0 Å². The zero-order chi connectivity index (χ0) is 17.8. The number of benzene rings is 1. The van der Waals surface area contributed by atoms with Crippen molar-refractivity contribution in [2.75, 3.05) is 13.1 Å². The summed E-state index contributed by atoms with van der Waals surface area (Å²) < 4.78 is 0. The molecule has 0 saturated heterocycles. The van der Waals surface area contributed by atoms with Gasteiger partial charge in [-0.1, -0.05) is 32.0 Å². The fourth-order valence-corrected chi connectivity index (χ4v) is 4.02. The van der Waals surface area contributed by atoms with E-state index >= 15 is 0 Å². The number of nitrogens with one attached hydrogen (secondary N) is 1. The van der Waals surface area contributed by atoms with Crippen LogP contribution in [0.4, 0.5) is 0 Å². The third-order valence-corrected chi connectivity index (χ3v) is 5.64. The Morgan fingerprint density at radius 2 is 2.00 bits per heavy atom. The summed E-state index contributed by atoms with van der Waals surface area (Å²) in [6.45, 7) is 6.29. The van der Waals surface area contributed by atoms with E-state index < -0.39 is 0 Å². The summed E-state index contributed by atoms with van der Waals surface area (Å²) in [5.74, 6) is 0.635. The number of carbonyl (C=O) groups is 2. The van der Waals surface area contributed by atoms with E-state index in [1.807, 2.05) is 41.3 Å². The number of rotatable bonds is 5. The molecular formula is C20H24N2O2S. The van der Waals surface area contributed by atoms with Gasteiger partial charge in [-0.15, -0.1) is 11.3 Å². The average Bonchev–Trinajstić information content (AvgIpc) is 3.04. The van der Waals surface area contributed by atoms with Gasteiger partial charge in [0.05, 0.1) is 4.88 Å². The van der Waals surface area contributed by atoms with Crippen molar-refractivity contribution >= 4 is 23.2 Å². The van der Waals surface area contributed by atoms with Crippen molar-refractivity contribution in [2.24, 2.45) is 5.92 Å². The molecule has 0 fully saturated rings. The van der Waals surface area contributed by atoms with Gasteiger partial charge in [-0.25, -0.2) is 0 Å². The van der Waals surface area contributed by atoms with Gasteiger partial charge in [-0.3, -0.25) is 9.59 Å². The van der Waals surface area contributed by atoms with Crippen LogP contribution in [0.15, 0.2) is 36.4 Å². The van der Waals surface area contributed by atoms with E-state index in [-0.39, 0.29) is 11.8 Å². The number of hydrogen-bond acceptors (Lipinski definition) is 3.